The second-order valence-corrected chi connectivity index (χ2v) is 6.28. The molecule has 1 amide bonds. The highest BCUT2D eigenvalue weighted by Gasteiger charge is 2.16. The normalized spacial score (nSPS) is 15.9. The Balaban J connectivity index is 1.87. The lowest BCUT2D eigenvalue weighted by atomic mass is 10.1. The Morgan fingerprint density at radius 1 is 1.30 bits per heavy atom. The molecule has 0 radical (unpaired) electrons. The number of anilines is 1. The number of hydrogen-bond donors (Lipinski definition) is 2. The molecule has 7 heteroatoms. The molecule has 2 rings (SSSR count). The number of benzene rings is 1. The zero-order valence-corrected chi connectivity index (χ0v) is 13.8. The molecule has 0 aromatic heterocycles. The first kappa shape index (κ1) is 15.9. The third kappa shape index (κ3) is 4.52. The van der Waals surface area contributed by atoms with E-state index in [1.165, 1.54) is 0 Å². The zero-order chi connectivity index (χ0) is 14.5. The summed E-state index contributed by atoms with van der Waals surface area (Å²) in [5.74, 6) is -0.0769. The molecule has 0 aliphatic carbocycles. The topological polar surface area (TPSA) is 50.4 Å². The summed E-state index contributed by atoms with van der Waals surface area (Å²) in [5, 5.41) is 6.88. The predicted octanol–water partition coefficient (Wildman–Crippen LogP) is 3.46. The van der Waals surface area contributed by atoms with Gasteiger partial charge in [-0.15, -0.1) is 0 Å². The number of amides is 1. The van der Waals surface area contributed by atoms with Gasteiger partial charge in [0.25, 0.3) is 0 Å². The fourth-order valence-electron chi connectivity index (χ4n) is 2.00. The fraction of sp³-hybridized carbons (Fsp3) is 0.462. The summed E-state index contributed by atoms with van der Waals surface area (Å²) in [6.07, 6.45) is 1.71. The van der Waals surface area contributed by atoms with Crippen molar-refractivity contribution in [1.82, 2.24) is 5.32 Å². The second-order valence-electron chi connectivity index (χ2n) is 4.55. The molecule has 0 saturated carbocycles. The third-order valence-corrected chi connectivity index (χ3v) is 4.07. The summed E-state index contributed by atoms with van der Waals surface area (Å²) in [4.78, 5) is 11.9. The van der Waals surface area contributed by atoms with Gasteiger partial charge in [0.1, 0.15) is 0 Å². The van der Waals surface area contributed by atoms with Crippen molar-refractivity contribution < 1.29 is 9.53 Å². The van der Waals surface area contributed by atoms with Crippen molar-refractivity contribution in [2.24, 2.45) is 0 Å². The summed E-state index contributed by atoms with van der Waals surface area (Å²) < 4.78 is 6.04. The van der Waals surface area contributed by atoms with E-state index in [1.54, 1.807) is 12.1 Å². The minimum absolute atomic E-state index is 0.0769. The maximum Gasteiger partial charge on any atom is 0.239 e. The number of halogens is 3. The largest absolute Gasteiger partial charge is 0.381 e. The average Bonchev–Trinajstić information content (AvgIpc) is 2.38. The lowest BCUT2D eigenvalue weighted by Gasteiger charge is -2.23. The Bertz CT molecular complexity index is 470. The molecule has 0 atom stereocenters. The van der Waals surface area contributed by atoms with Crippen molar-refractivity contribution >= 4 is 50.7 Å². The van der Waals surface area contributed by atoms with E-state index in [4.69, 9.17) is 27.9 Å². The van der Waals surface area contributed by atoms with Gasteiger partial charge in [0, 0.05) is 23.7 Å². The van der Waals surface area contributed by atoms with Crippen LogP contribution in [-0.2, 0) is 9.53 Å². The van der Waals surface area contributed by atoms with E-state index in [1.807, 2.05) is 0 Å². The Hall–Kier alpha value is -0.490. The van der Waals surface area contributed by atoms with Gasteiger partial charge in [-0.05, 0) is 25.0 Å². The van der Waals surface area contributed by atoms with Gasteiger partial charge >= 0.3 is 0 Å². The Kier molecular flexibility index (Phi) is 5.96. The predicted molar refractivity (Wildman–Crippen MR) is 84.6 cm³/mol. The van der Waals surface area contributed by atoms with Crippen LogP contribution in [-0.4, -0.2) is 31.7 Å². The molecule has 1 saturated heterocycles. The molecule has 1 aromatic rings. The number of rotatable bonds is 4. The van der Waals surface area contributed by atoms with Crippen LogP contribution in [0.5, 0.6) is 0 Å². The van der Waals surface area contributed by atoms with Crippen molar-refractivity contribution in [1.29, 1.82) is 0 Å². The molecule has 1 fully saturated rings. The smallest absolute Gasteiger partial charge is 0.239 e. The first-order valence-corrected chi connectivity index (χ1v) is 7.86. The van der Waals surface area contributed by atoms with Crippen LogP contribution in [0.15, 0.2) is 16.6 Å². The van der Waals surface area contributed by atoms with Crippen LogP contribution in [0.25, 0.3) is 0 Å². The Labute approximate surface area is 136 Å². The number of carbonyl (C=O) groups is 1. The maximum absolute atomic E-state index is 11.9. The van der Waals surface area contributed by atoms with Gasteiger partial charge in [-0.1, -0.05) is 39.1 Å². The minimum atomic E-state index is -0.0769. The van der Waals surface area contributed by atoms with Crippen LogP contribution in [0.1, 0.15) is 12.8 Å². The lowest BCUT2D eigenvalue weighted by Crippen LogP contribution is -2.41. The molecule has 1 aromatic carbocycles. The van der Waals surface area contributed by atoms with E-state index >= 15 is 0 Å². The average molecular weight is 382 g/mol. The van der Waals surface area contributed by atoms with Gasteiger partial charge in [-0.3, -0.25) is 4.79 Å². The van der Waals surface area contributed by atoms with E-state index < -0.39 is 0 Å². The SMILES string of the molecule is O=C(CNc1c(Cl)cc(Br)cc1Cl)NC1CCOCC1. The van der Waals surface area contributed by atoms with E-state index in [9.17, 15) is 4.79 Å². The quantitative estimate of drug-likeness (QED) is 0.839. The van der Waals surface area contributed by atoms with E-state index in [2.05, 4.69) is 26.6 Å². The number of nitrogens with one attached hydrogen (secondary N) is 2. The number of ether oxygens (including phenoxy) is 1. The van der Waals surface area contributed by atoms with Crippen molar-refractivity contribution in [3.8, 4) is 0 Å². The van der Waals surface area contributed by atoms with Crippen molar-refractivity contribution in [3.63, 3.8) is 0 Å². The van der Waals surface area contributed by atoms with E-state index in [0.29, 0.717) is 28.9 Å². The van der Waals surface area contributed by atoms with Gasteiger partial charge < -0.3 is 15.4 Å². The minimum Gasteiger partial charge on any atom is -0.381 e. The standard InChI is InChI=1S/C13H15BrCl2N2O2/c14-8-5-10(15)13(11(16)6-8)17-7-12(19)18-9-1-3-20-4-2-9/h5-6,9,17H,1-4,7H2,(H,18,19). The van der Waals surface area contributed by atoms with Gasteiger partial charge in [0.15, 0.2) is 0 Å². The molecule has 1 aliphatic rings. The summed E-state index contributed by atoms with van der Waals surface area (Å²) in [7, 11) is 0. The van der Waals surface area contributed by atoms with Crippen LogP contribution in [0, 0.1) is 0 Å². The van der Waals surface area contributed by atoms with Crippen LogP contribution in [0.2, 0.25) is 10.0 Å². The molecule has 0 bridgehead atoms. The van der Waals surface area contributed by atoms with Crippen molar-refractivity contribution in [2.45, 2.75) is 18.9 Å². The van der Waals surface area contributed by atoms with E-state index in [-0.39, 0.29) is 18.5 Å². The molecule has 0 unspecified atom stereocenters. The van der Waals surface area contributed by atoms with Crippen LogP contribution < -0.4 is 10.6 Å². The molecule has 1 heterocycles. The highest BCUT2D eigenvalue weighted by molar-refractivity contribution is 9.10. The first-order chi connectivity index (χ1) is 9.56. The van der Waals surface area contributed by atoms with E-state index in [0.717, 1.165) is 17.3 Å². The highest BCUT2D eigenvalue weighted by Crippen LogP contribution is 2.33. The molecule has 0 spiro atoms. The number of hydrogen-bond acceptors (Lipinski definition) is 3. The molecular weight excluding hydrogens is 367 g/mol. The first-order valence-electron chi connectivity index (χ1n) is 6.32. The third-order valence-electron chi connectivity index (χ3n) is 3.02. The molecule has 110 valence electrons. The van der Waals surface area contributed by atoms with Gasteiger partial charge in [-0.2, -0.15) is 0 Å². The van der Waals surface area contributed by atoms with Crippen molar-refractivity contribution in [2.75, 3.05) is 25.1 Å². The lowest BCUT2D eigenvalue weighted by molar-refractivity contribution is -0.120. The summed E-state index contributed by atoms with van der Waals surface area (Å²) in [6, 6.07) is 3.65. The van der Waals surface area contributed by atoms with Crippen molar-refractivity contribution in [3.05, 3.63) is 26.7 Å². The van der Waals surface area contributed by atoms with Gasteiger partial charge in [0.05, 0.1) is 22.3 Å². The monoisotopic (exact) mass is 380 g/mol. The van der Waals surface area contributed by atoms with Gasteiger partial charge in [-0.25, -0.2) is 0 Å². The highest BCUT2D eigenvalue weighted by atomic mass is 79.9. The Morgan fingerprint density at radius 3 is 2.50 bits per heavy atom. The fourth-order valence-corrected chi connectivity index (χ4v) is 3.34. The molecule has 20 heavy (non-hydrogen) atoms. The maximum atomic E-state index is 11.9. The second kappa shape index (κ2) is 7.50. The number of carbonyl (C=O) groups excluding carboxylic acids is 1. The molecular formula is C13H15BrCl2N2O2. The van der Waals surface area contributed by atoms with Crippen LogP contribution in [0.4, 0.5) is 5.69 Å². The van der Waals surface area contributed by atoms with Crippen LogP contribution in [0.3, 0.4) is 0 Å². The molecule has 4 nitrogen and oxygen atoms in total. The Morgan fingerprint density at radius 2 is 1.90 bits per heavy atom. The van der Waals surface area contributed by atoms with Gasteiger partial charge in [0.2, 0.25) is 5.91 Å². The zero-order valence-electron chi connectivity index (χ0n) is 10.7. The summed E-state index contributed by atoms with van der Waals surface area (Å²) in [6.45, 7) is 1.53. The summed E-state index contributed by atoms with van der Waals surface area (Å²) in [5.41, 5.74) is 0.568. The van der Waals surface area contributed by atoms with Crippen LogP contribution >= 0.6 is 39.1 Å². The molecule has 2 N–H and O–H groups in total. The summed E-state index contributed by atoms with van der Waals surface area (Å²) >= 11 is 15.5. The molecule has 1 aliphatic heterocycles.